The standard InChI is InChI=1S/C25H31BrCl2N2O3/c1-6-17(5)29-25(32)22(7-2)30(13-18-8-9-19(27)12-21(18)28)23(31)14-33-20-10-15(3)24(26)16(4)11-20/h8-12,17,22H,6-7,13-14H2,1-5H3,(H,29,32). The highest BCUT2D eigenvalue weighted by Gasteiger charge is 2.30. The molecule has 180 valence electrons. The van der Waals surface area contributed by atoms with Crippen LogP contribution in [0.5, 0.6) is 5.75 Å². The Balaban J connectivity index is 2.29. The smallest absolute Gasteiger partial charge is 0.261 e. The Bertz CT molecular complexity index is 977. The lowest BCUT2D eigenvalue weighted by molar-refractivity contribution is -0.143. The Morgan fingerprint density at radius 2 is 1.73 bits per heavy atom. The van der Waals surface area contributed by atoms with Crippen molar-refractivity contribution in [3.63, 3.8) is 0 Å². The van der Waals surface area contributed by atoms with Crippen molar-refractivity contribution in [3.8, 4) is 5.75 Å². The summed E-state index contributed by atoms with van der Waals surface area (Å²) in [4.78, 5) is 27.9. The number of halogens is 3. The quantitative estimate of drug-likeness (QED) is 0.364. The molecule has 0 radical (unpaired) electrons. The van der Waals surface area contributed by atoms with Gasteiger partial charge in [-0.2, -0.15) is 0 Å². The average Bonchev–Trinajstić information content (AvgIpc) is 2.76. The van der Waals surface area contributed by atoms with Gasteiger partial charge in [-0.3, -0.25) is 9.59 Å². The van der Waals surface area contributed by atoms with Crippen LogP contribution in [0.1, 0.15) is 50.3 Å². The molecule has 0 spiro atoms. The second-order valence-electron chi connectivity index (χ2n) is 8.16. The number of rotatable bonds is 10. The molecule has 0 saturated carbocycles. The minimum atomic E-state index is -0.657. The number of hydrogen-bond acceptors (Lipinski definition) is 3. The monoisotopic (exact) mass is 556 g/mol. The third-order valence-electron chi connectivity index (χ3n) is 5.52. The van der Waals surface area contributed by atoms with E-state index < -0.39 is 6.04 Å². The predicted octanol–water partition coefficient (Wildman–Crippen LogP) is 6.47. The largest absolute Gasteiger partial charge is 0.484 e. The molecule has 2 rings (SSSR count). The van der Waals surface area contributed by atoms with Crippen LogP contribution in [0.4, 0.5) is 0 Å². The predicted molar refractivity (Wildman–Crippen MR) is 138 cm³/mol. The molecular weight excluding hydrogens is 527 g/mol. The van der Waals surface area contributed by atoms with Crippen LogP contribution in [0.2, 0.25) is 10.0 Å². The minimum absolute atomic E-state index is 0.00703. The molecule has 0 heterocycles. The molecule has 2 unspecified atom stereocenters. The van der Waals surface area contributed by atoms with Gasteiger partial charge in [-0.25, -0.2) is 0 Å². The number of hydrogen-bond donors (Lipinski definition) is 1. The van der Waals surface area contributed by atoms with Gasteiger partial charge in [0.05, 0.1) is 0 Å². The molecule has 0 aliphatic heterocycles. The second kappa shape index (κ2) is 12.6. The normalized spacial score (nSPS) is 12.7. The van der Waals surface area contributed by atoms with E-state index in [0.717, 1.165) is 22.0 Å². The number of carbonyl (C=O) groups is 2. The lowest BCUT2D eigenvalue weighted by Crippen LogP contribution is -2.51. The molecule has 5 nitrogen and oxygen atoms in total. The van der Waals surface area contributed by atoms with Gasteiger partial charge in [-0.1, -0.05) is 59.0 Å². The molecule has 2 aromatic rings. The molecule has 8 heteroatoms. The minimum Gasteiger partial charge on any atom is -0.484 e. The average molecular weight is 558 g/mol. The maximum Gasteiger partial charge on any atom is 0.261 e. The Morgan fingerprint density at radius 3 is 2.27 bits per heavy atom. The molecule has 0 fully saturated rings. The lowest BCUT2D eigenvalue weighted by Gasteiger charge is -2.31. The van der Waals surface area contributed by atoms with Crippen molar-refractivity contribution >= 4 is 50.9 Å². The van der Waals surface area contributed by atoms with Gasteiger partial charge in [0.15, 0.2) is 6.61 Å². The topological polar surface area (TPSA) is 58.6 Å². The summed E-state index contributed by atoms with van der Waals surface area (Å²) in [5, 5.41) is 3.94. The Kier molecular flexibility index (Phi) is 10.5. The molecule has 0 bridgehead atoms. The summed E-state index contributed by atoms with van der Waals surface area (Å²) >= 11 is 15.9. The highest BCUT2D eigenvalue weighted by Crippen LogP contribution is 2.27. The summed E-state index contributed by atoms with van der Waals surface area (Å²) in [5.74, 6) is 0.106. The van der Waals surface area contributed by atoms with Crippen molar-refractivity contribution in [3.05, 3.63) is 61.5 Å². The zero-order chi connectivity index (χ0) is 24.7. The van der Waals surface area contributed by atoms with Gasteiger partial charge in [0.1, 0.15) is 11.8 Å². The first-order chi connectivity index (χ1) is 15.6. The molecule has 2 atom stereocenters. The summed E-state index contributed by atoms with van der Waals surface area (Å²) < 4.78 is 6.84. The van der Waals surface area contributed by atoms with Crippen molar-refractivity contribution in [1.82, 2.24) is 10.2 Å². The van der Waals surface area contributed by atoms with Crippen LogP contribution in [0.3, 0.4) is 0 Å². The molecule has 0 aliphatic rings. The first-order valence-corrected chi connectivity index (χ1v) is 12.6. The fraction of sp³-hybridized carbons (Fsp3) is 0.440. The fourth-order valence-electron chi connectivity index (χ4n) is 3.41. The summed E-state index contributed by atoms with van der Waals surface area (Å²) in [6.45, 7) is 9.72. The van der Waals surface area contributed by atoms with Crippen molar-refractivity contribution < 1.29 is 14.3 Å². The van der Waals surface area contributed by atoms with Crippen LogP contribution in [0, 0.1) is 13.8 Å². The molecule has 2 amide bonds. The molecule has 0 aromatic heterocycles. The van der Waals surface area contributed by atoms with Crippen molar-refractivity contribution in [1.29, 1.82) is 0 Å². The van der Waals surface area contributed by atoms with E-state index in [4.69, 9.17) is 27.9 Å². The summed E-state index contributed by atoms with van der Waals surface area (Å²) in [7, 11) is 0. The van der Waals surface area contributed by atoms with Gasteiger partial charge in [0.25, 0.3) is 5.91 Å². The van der Waals surface area contributed by atoms with Crippen molar-refractivity contribution in [2.45, 2.75) is 66.1 Å². The zero-order valence-corrected chi connectivity index (χ0v) is 22.8. The molecule has 0 aliphatic carbocycles. The number of benzene rings is 2. The lowest BCUT2D eigenvalue weighted by atomic mass is 10.1. The van der Waals surface area contributed by atoms with E-state index in [-0.39, 0.29) is 31.0 Å². The van der Waals surface area contributed by atoms with Crippen LogP contribution in [-0.4, -0.2) is 35.4 Å². The summed E-state index contributed by atoms with van der Waals surface area (Å²) in [6, 6.07) is 8.21. The SMILES string of the molecule is CCC(C)NC(=O)C(CC)N(Cc1ccc(Cl)cc1Cl)C(=O)COc1cc(C)c(Br)c(C)c1. The Hall–Kier alpha value is -1.76. The van der Waals surface area contributed by atoms with E-state index in [1.807, 2.05) is 46.8 Å². The molecule has 0 saturated heterocycles. The van der Waals surface area contributed by atoms with E-state index in [1.54, 1.807) is 18.2 Å². The highest BCUT2D eigenvalue weighted by molar-refractivity contribution is 9.10. The number of nitrogens with zero attached hydrogens (tertiary/aromatic N) is 1. The number of nitrogens with one attached hydrogen (secondary N) is 1. The van der Waals surface area contributed by atoms with Crippen LogP contribution >= 0.6 is 39.1 Å². The van der Waals surface area contributed by atoms with Crippen LogP contribution in [0.15, 0.2) is 34.8 Å². The Labute approximate surface area is 214 Å². The maximum atomic E-state index is 13.3. The summed E-state index contributed by atoms with van der Waals surface area (Å²) in [6.07, 6.45) is 1.25. The first kappa shape index (κ1) is 27.5. The van der Waals surface area contributed by atoms with Crippen LogP contribution in [0.25, 0.3) is 0 Å². The second-order valence-corrected chi connectivity index (χ2v) is 9.80. The first-order valence-electron chi connectivity index (χ1n) is 11.0. The van der Waals surface area contributed by atoms with E-state index in [1.165, 1.54) is 4.90 Å². The number of aryl methyl sites for hydroxylation is 2. The van der Waals surface area contributed by atoms with Gasteiger partial charge in [-0.15, -0.1) is 0 Å². The van der Waals surface area contributed by atoms with Crippen LogP contribution in [-0.2, 0) is 16.1 Å². The van der Waals surface area contributed by atoms with Crippen LogP contribution < -0.4 is 10.1 Å². The molecule has 33 heavy (non-hydrogen) atoms. The number of amides is 2. The Morgan fingerprint density at radius 1 is 1.09 bits per heavy atom. The van der Waals surface area contributed by atoms with E-state index in [2.05, 4.69) is 21.2 Å². The van der Waals surface area contributed by atoms with Crippen molar-refractivity contribution in [2.75, 3.05) is 6.61 Å². The third-order valence-corrected chi connectivity index (χ3v) is 7.35. The van der Waals surface area contributed by atoms with E-state index >= 15 is 0 Å². The van der Waals surface area contributed by atoms with Gasteiger partial charge < -0.3 is 15.0 Å². The molecule has 2 aromatic carbocycles. The number of carbonyl (C=O) groups excluding carboxylic acids is 2. The third kappa shape index (κ3) is 7.62. The number of ether oxygens (including phenoxy) is 1. The van der Waals surface area contributed by atoms with Crippen molar-refractivity contribution in [2.24, 2.45) is 0 Å². The molecular formula is C25H31BrCl2N2O3. The van der Waals surface area contributed by atoms with Gasteiger partial charge in [0, 0.05) is 27.1 Å². The van der Waals surface area contributed by atoms with E-state index in [0.29, 0.717) is 27.8 Å². The fourth-order valence-corrected chi connectivity index (χ4v) is 4.11. The van der Waals surface area contributed by atoms with Gasteiger partial charge in [0.2, 0.25) is 5.91 Å². The van der Waals surface area contributed by atoms with Gasteiger partial charge >= 0.3 is 0 Å². The maximum absolute atomic E-state index is 13.3. The highest BCUT2D eigenvalue weighted by atomic mass is 79.9. The summed E-state index contributed by atoms with van der Waals surface area (Å²) in [5.41, 5.74) is 2.74. The zero-order valence-electron chi connectivity index (χ0n) is 19.7. The van der Waals surface area contributed by atoms with Gasteiger partial charge in [-0.05, 0) is 74.6 Å². The molecule has 1 N–H and O–H groups in total. The van der Waals surface area contributed by atoms with E-state index in [9.17, 15) is 9.59 Å².